The van der Waals surface area contributed by atoms with Gasteiger partial charge in [-0.3, -0.25) is 19.2 Å². The molecule has 1 fully saturated rings. The normalized spacial score (nSPS) is 19.3. The Kier molecular flexibility index (Phi) is 18.2. The van der Waals surface area contributed by atoms with Crippen LogP contribution < -0.4 is 20.1 Å². The minimum Gasteiger partial charge on any atom is -0.488 e. The maximum Gasteiger partial charge on any atom is 0.422 e. The number of methoxy groups -OCH3 is 1. The molecule has 0 bridgehead atoms. The highest BCUT2D eigenvalue weighted by molar-refractivity contribution is 6.00. The van der Waals surface area contributed by atoms with E-state index in [1.54, 1.807) is 43.3 Å². The lowest BCUT2D eigenvalue weighted by atomic mass is 9.97. The third kappa shape index (κ3) is 14.7. The zero-order valence-corrected chi connectivity index (χ0v) is 37.6. The zero-order valence-electron chi connectivity index (χ0n) is 37.6. The van der Waals surface area contributed by atoms with Crippen LogP contribution in [0, 0.1) is 0 Å². The number of anilines is 1. The van der Waals surface area contributed by atoms with Crippen LogP contribution in [-0.4, -0.2) is 130 Å². The van der Waals surface area contributed by atoms with Crippen LogP contribution in [0.3, 0.4) is 0 Å². The first kappa shape index (κ1) is 51.4. The molecule has 67 heavy (non-hydrogen) atoms. The van der Waals surface area contributed by atoms with Crippen LogP contribution in [0.4, 0.5) is 23.7 Å². The number of halogens is 3. The van der Waals surface area contributed by atoms with Gasteiger partial charge in [-0.05, 0) is 61.1 Å². The molecule has 2 aliphatic heterocycles. The third-order valence-corrected chi connectivity index (χ3v) is 10.5. The summed E-state index contributed by atoms with van der Waals surface area (Å²) in [6.45, 7) is 4.12. The van der Waals surface area contributed by atoms with E-state index in [4.69, 9.17) is 48.4 Å². The largest absolute Gasteiger partial charge is 0.488 e. The number of rotatable bonds is 21. The van der Waals surface area contributed by atoms with Crippen molar-refractivity contribution in [2.24, 2.45) is 5.73 Å². The fraction of sp³-hybridized carbons (Fsp3) is 0.478. The summed E-state index contributed by atoms with van der Waals surface area (Å²) in [6.07, 6.45) is -11.8. The lowest BCUT2D eigenvalue weighted by molar-refractivity contribution is -0.301. The van der Waals surface area contributed by atoms with Crippen molar-refractivity contribution in [2.75, 3.05) is 51.5 Å². The van der Waals surface area contributed by atoms with E-state index in [2.05, 4.69) is 0 Å². The predicted octanol–water partition coefficient (Wildman–Crippen LogP) is 4.84. The van der Waals surface area contributed by atoms with Gasteiger partial charge in [-0.1, -0.05) is 48.5 Å². The molecule has 1 saturated heterocycles. The molecule has 0 spiro atoms. The van der Waals surface area contributed by atoms with Gasteiger partial charge in [-0.15, -0.1) is 0 Å². The summed E-state index contributed by atoms with van der Waals surface area (Å²) in [4.78, 5) is 79.2. The molecule has 2 amide bonds. The van der Waals surface area contributed by atoms with E-state index in [0.29, 0.717) is 37.2 Å². The molecule has 2 aliphatic rings. The number of hydrogen-bond acceptors (Lipinski definition) is 16. The summed E-state index contributed by atoms with van der Waals surface area (Å²) in [6, 6.07) is 18.0. The molecule has 0 aliphatic carbocycles. The molecule has 6 atom stereocenters. The average Bonchev–Trinajstić information content (AvgIpc) is 3.68. The van der Waals surface area contributed by atoms with Gasteiger partial charge in [0.25, 0.3) is 5.91 Å². The van der Waals surface area contributed by atoms with Crippen molar-refractivity contribution in [3.63, 3.8) is 0 Å². The Morgan fingerprint density at radius 1 is 0.836 bits per heavy atom. The standard InChI is InChI=1S/C46H54F3N3O15/c1-27(52(45(58)62-25-31-12-7-6-8-13-31)19-21-60-35-14-9-10-15-36(35)63-26-46(47,48)49)22-32-23-33-16-18-51(37(33)34(24-32)42(50)56)17-11-20-61-44-41(66-30(4)55)39(65-29(3)54)38(64-28(2)53)40(67-44)43(57)59-5/h6-10,12-15,23-24,27,38-41,44H,11,16-22,25-26H2,1-5H3,(H2,50,56)/t27-,38+,39+,40+,41-,44-/m1/s1. The van der Waals surface area contributed by atoms with Crippen LogP contribution in [0.15, 0.2) is 66.7 Å². The summed E-state index contributed by atoms with van der Waals surface area (Å²) < 4.78 is 87.9. The molecular weight excluding hydrogens is 892 g/mol. The molecule has 5 rings (SSSR count). The van der Waals surface area contributed by atoms with Gasteiger partial charge in [-0.2, -0.15) is 13.2 Å². The number of alkyl halides is 3. The number of esters is 4. The van der Waals surface area contributed by atoms with Gasteiger partial charge in [0.05, 0.1) is 31.5 Å². The molecule has 3 aromatic carbocycles. The number of primary amides is 1. The van der Waals surface area contributed by atoms with Crippen molar-refractivity contribution in [1.29, 1.82) is 0 Å². The minimum atomic E-state index is -4.56. The molecule has 2 heterocycles. The molecule has 0 saturated carbocycles. The SMILES string of the molecule is COC(=O)[C@H]1O[C@@H](OCCCN2CCc3cc(C[C@@H](C)N(CCOc4ccccc4OCC(F)(F)F)C(=O)OCc4ccccc4)cc(C(N)=O)c32)[C@H](OC(C)=O)[C@@H](OC(C)=O)[C@@H]1OC(C)=O. The Labute approximate surface area is 384 Å². The van der Waals surface area contributed by atoms with E-state index in [0.717, 1.165) is 39.0 Å². The molecule has 0 radical (unpaired) electrons. The Hall–Kier alpha value is -6.61. The fourth-order valence-corrected chi connectivity index (χ4v) is 7.74. The Morgan fingerprint density at radius 2 is 1.46 bits per heavy atom. The quantitative estimate of drug-likeness (QED) is 0.0859. The summed E-state index contributed by atoms with van der Waals surface area (Å²) >= 11 is 0. The van der Waals surface area contributed by atoms with Gasteiger partial charge in [0.2, 0.25) is 0 Å². The van der Waals surface area contributed by atoms with E-state index in [-0.39, 0.29) is 49.8 Å². The summed E-state index contributed by atoms with van der Waals surface area (Å²) in [5, 5.41) is 0. The first-order chi connectivity index (χ1) is 31.8. The number of amides is 2. The van der Waals surface area contributed by atoms with Crippen LogP contribution in [0.1, 0.15) is 61.2 Å². The van der Waals surface area contributed by atoms with E-state index < -0.39 is 85.4 Å². The Morgan fingerprint density at radius 3 is 2.09 bits per heavy atom. The number of nitrogens with two attached hydrogens (primary N) is 1. The van der Waals surface area contributed by atoms with E-state index in [1.165, 1.54) is 23.1 Å². The van der Waals surface area contributed by atoms with Gasteiger partial charge >= 0.3 is 36.1 Å². The molecule has 364 valence electrons. The third-order valence-electron chi connectivity index (χ3n) is 10.5. The van der Waals surface area contributed by atoms with Crippen molar-refractivity contribution in [3.05, 3.63) is 89.0 Å². The van der Waals surface area contributed by atoms with Gasteiger partial charge < -0.3 is 58.2 Å². The summed E-state index contributed by atoms with van der Waals surface area (Å²) in [5.41, 5.74) is 9.06. The topological polar surface area (TPSA) is 218 Å². The molecular formula is C46H54F3N3O15. The number of fused-ring (bicyclic) bond motifs is 1. The summed E-state index contributed by atoms with van der Waals surface area (Å²) in [7, 11) is 1.08. The highest BCUT2D eigenvalue weighted by Crippen LogP contribution is 2.35. The number of carbonyl (C=O) groups is 6. The van der Waals surface area contributed by atoms with E-state index in [1.807, 2.05) is 17.0 Å². The van der Waals surface area contributed by atoms with E-state index in [9.17, 15) is 41.9 Å². The van der Waals surface area contributed by atoms with Crippen LogP contribution in [0.5, 0.6) is 11.5 Å². The van der Waals surface area contributed by atoms with Gasteiger partial charge in [0, 0.05) is 39.9 Å². The van der Waals surface area contributed by atoms with Crippen LogP contribution in [-0.2, 0) is 71.8 Å². The zero-order chi connectivity index (χ0) is 48.8. The smallest absolute Gasteiger partial charge is 0.422 e. The Bertz CT molecular complexity index is 2210. The lowest BCUT2D eigenvalue weighted by Gasteiger charge is -2.43. The van der Waals surface area contributed by atoms with Crippen LogP contribution >= 0.6 is 0 Å². The fourth-order valence-electron chi connectivity index (χ4n) is 7.74. The number of nitrogens with zero attached hydrogens (tertiary/aromatic N) is 2. The second kappa shape index (κ2) is 23.7. The highest BCUT2D eigenvalue weighted by atomic mass is 19.4. The highest BCUT2D eigenvalue weighted by Gasteiger charge is 2.55. The van der Waals surface area contributed by atoms with E-state index >= 15 is 0 Å². The average molecular weight is 946 g/mol. The lowest BCUT2D eigenvalue weighted by Crippen LogP contribution is -2.63. The monoisotopic (exact) mass is 945 g/mol. The predicted molar refractivity (Wildman–Crippen MR) is 229 cm³/mol. The van der Waals surface area contributed by atoms with Crippen LogP contribution in [0.2, 0.25) is 0 Å². The second-order valence-electron chi connectivity index (χ2n) is 15.6. The maximum atomic E-state index is 13.7. The number of para-hydroxylation sites is 2. The molecule has 18 nitrogen and oxygen atoms in total. The Balaban J connectivity index is 1.28. The van der Waals surface area contributed by atoms with Crippen LogP contribution in [0.25, 0.3) is 0 Å². The second-order valence-corrected chi connectivity index (χ2v) is 15.6. The molecule has 21 heteroatoms. The van der Waals surface area contributed by atoms with Gasteiger partial charge in [-0.25, -0.2) is 9.59 Å². The van der Waals surface area contributed by atoms with Crippen molar-refractivity contribution in [3.8, 4) is 11.5 Å². The van der Waals surface area contributed by atoms with Gasteiger partial charge in [0.1, 0.15) is 13.2 Å². The van der Waals surface area contributed by atoms with Gasteiger partial charge in [0.15, 0.2) is 48.8 Å². The van der Waals surface area contributed by atoms with Crippen molar-refractivity contribution in [2.45, 2.75) is 96.5 Å². The first-order valence-corrected chi connectivity index (χ1v) is 21.3. The van der Waals surface area contributed by atoms with Crippen molar-refractivity contribution >= 4 is 41.6 Å². The maximum absolute atomic E-state index is 13.7. The number of ether oxygens (including phenoxy) is 9. The molecule has 0 unspecified atom stereocenters. The van der Waals surface area contributed by atoms with Crippen molar-refractivity contribution in [1.82, 2.24) is 4.90 Å². The minimum absolute atomic E-state index is 0.0246. The number of hydrogen-bond donors (Lipinski definition) is 1. The number of carbonyl (C=O) groups excluding carboxylic acids is 6. The molecule has 3 aromatic rings. The van der Waals surface area contributed by atoms with Crippen molar-refractivity contribution < 1.29 is 84.6 Å². The summed E-state index contributed by atoms with van der Waals surface area (Å²) in [5.74, 6) is -4.20. The molecule has 2 N–H and O–H groups in total. The first-order valence-electron chi connectivity index (χ1n) is 21.3. The molecule has 0 aromatic heterocycles. The number of benzene rings is 3.